The van der Waals surface area contributed by atoms with Crippen LogP contribution in [0.1, 0.15) is 23.0 Å². The number of guanidine groups is 1. The van der Waals surface area contributed by atoms with Crippen LogP contribution in [-0.4, -0.2) is 67.1 Å². The summed E-state index contributed by atoms with van der Waals surface area (Å²) in [4.78, 5) is 19.8. The Bertz CT molecular complexity index is 897. The van der Waals surface area contributed by atoms with Crippen LogP contribution in [0.4, 0.5) is 18.9 Å². The molecule has 1 aliphatic rings. The van der Waals surface area contributed by atoms with Crippen molar-refractivity contribution in [2.75, 3.05) is 38.5 Å². The van der Waals surface area contributed by atoms with E-state index in [0.717, 1.165) is 5.56 Å². The van der Waals surface area contributed by atoms with E-state index in [4.69, 9.17) is 4.42 Å². The maximum absolute atomic E-state index is 12.9. The van der Waals surface area contributed by atoms with Crippen LogP contribution >= 0.6 is 24.0 Å². The lowest BCUT2D eigenvalue weighted by molar-refractivity contribution is -0.181. The van der Waals surface area contributed by atoms with Crippen LogP contribution in [-0.2, 0) is 6.54 Å². The monoisotopic (exact) mass is 565 g/mol. The number of rotatable bonds is 5. The van der Waals surface area contributed by atoms with Crippen molar-refractivity contribution in [3.8, 4) is 0 Å². The molecular weight excluding hydrogens is 538 g/mol. The molecule has 1 saturated heterocycles. The predicted octanol–water partition coefficient (Wildman–Crippen LogP) is 3.79. The van der Waals surface area contributed by atoms with E-state index in [-0.39, 0.29) is 35.6 Å². The molecule has 1 aromatic carbocycles. The normalized spacial score (nSPS) is 16.3. The molecule has 0 saturated carbocycles. The Morgan fingerprint density at radius 1 is 1.19 bits per heavy atom. The van der Waals surface area contributed by atoms with E-state index in [0.29, 0.717) is 44.4 Å². The Morgan fingerprint density at radius 2 is 1.91 bits per heavy atom. The summed E-state index contributed by atoms with van der Waals surface area (Å²) in [7, 11) is 1.65. The molecule has 2 aromatic rings. The Morgan fingerprint density at radius 3 is 2.50 bits per heavy atom. The summed E-state index contributed by atoms with van der Waals surface area (Å²) >= 11 is 0. The molecule has 0 bridgehead atoms. The van der Waals surface area contributed by atoms with Crippen molar-refractivity contribution < 1.29 is 22.4 Å². The molecule has 1 aliphatic heterocycles. The first-order valence-electron chi connectivity index (χ1n) is 9.98. The van der Waals surface area contributed by atoms with Gasteiger partial charge in [-0.15, -0.1) is 24.0 Å². The summed E-state index contributed by atoms with van der Waals surface area (Å²) in [5.41, 5.74) is 1.55. The van der Waals surface area contributed by atoms with Gasteiger partial charge in [-0.2, -0.15) is 13.2 Å². The number of anilines is 1. The van der Waals surface area contributed by atoms with Gasteiger partial charge in [-0.3, -0.25) is 14.7 Å². The molecule has 0 aliphatic carbocycles. The summed E-state index contributed by atoms with van der Waals surface area (Å²) in [5.74, 6) is 0.518. The number of piperazine rings is 1. The Balaban J connectivity index is 0.00000363. The number of carbonyl (C=O) groups excluding carboxylic acids is 1. The Kier molecular flexibility index (Phi) is 9.37. The molecule has 1 fully saturated rings. The number of furan rings is 1. The first-order valence-corrected chi connectivity index (χ1v) is 9.98. The van der Waals surface area contributed by atoms with Crippen LogP contribution < -0.4 is 10.6 Å². The quantitative estimate of drug-likeness (QED) is 0.328. The van der Waals surface area contributed by atoms with E-state index in [1.54, 1.807) is 25.2 Å². The minimum atomic E-state index is -4.22. The molecule has 1 atom stereocenters. The van der Waals surface area contributed by atoms with E-state index < -0.39 is 12.2 Å². The van der Waals surface area contributed by atoms with E-state index in [9.17, 15) is 18.0 Å². The van der Waals surface area contributed by atoms with Gasteiger partial charge in [-0.05, 0) is 36.8 Å². The average Bonchev–Trinajstić information content (AvgIpc) is 3.29. The van der Waals surface area contributed by atoms with Crippen molar-refractivity contribution in [2.45, 2.75) is 25.7 Å². The van der Waals surface area contributed by atoms with Crippen molar-refractivity contribution in [3.05, 3.63) is 54.0 Å². The smallest absolute Gasteiger partial charge is 0.403 e. The summed E-state index contributed by atoms with van der Waals surface area (Å²) in [6.07, 6.45) is -2.79. The molecule has 1 unspecified atom stereocenters. The van der Waals surface area contributed by atoms with Crippen LogP contribution in [0.2, 0.25) is 0 Å². The first kappa shape index (κ1) is 26.0. The van der Waals surface area contributed by atoms with Crippen LogP contribution in [0.15, 0.2) is 52.1 Å². The Hall–Kier alpha value is -2.28. The lowest BCUT2D eigenvalue weighted by Gasteiger charge is -2.39. The highest BCUT2D eigenvalue weighted by atomic mass is 127. The van der Waals surface area contributed by atoms with Crippen molar-refractivity contribution in [1.82, 2.24) is 15.1 Å². The van der Waals surface area contributed by atoms with Gasteiger partial charge in [0.25, 0.3) is 5.91 Å². The maximum atomic E-state index is 12.9. The fourth-order valence-corrected chi connectivity index (χ4v) is 3.40. The number of amides is 1. The number of hydrogen-bond donors (Lipinski definition) is 2. The molecule has 1 amide bonds. The van der Waals surface area contributed by atoms with E-state index >= 15 is 0 Å². The summed E-state index contributed by atoms with van der Waals surface area (Å²) in [5, 5.41) is 6.02. The van der Waals surface area contributed by atoms with Crippen LogP contribution in [0.5, 0.6) is 0 Å². The molecular formula is C21H27F3IN5O2. The zero-order valence-corrected chi connectivity index (χ0v) is 20.2. The zero-order valence-electron chi connectivity index (χ0n) is 17.9. The first-order chi connectivity index (χ1) is 14.8. The minimum Gasteiger partial charge on any atom is -0.459 e. The Labute approximate surface area is 202 Å². The van der Waals surface area contributed by atoms with Crippen LogP contribution in [0.25, 0.3) is 0 Å². The largest absolute Gasteiger partial charge is 0.459 e. The molecule has 2 N–H and O–H groups in total. The summed E-state index contributed by atoms with van der Waals surface area (Å²) < 4.78 is 43.9. The SMILES string of the molecule is CN=C(NCc1cccc(NC(=O)c2ccco2)c1)N1CCN(C(C)C(F)(F)F)CC1.I. The number of hydrogen-bond acceptors (Lipinski definition) is 4. The van der Waals surface area contributed by atoms with E-state index in [2.05, 4.69) is 15.6 Å². The van der Waals surface area contributed by atoms with E-state index in [1.165, 1.54) is 18.1 Å². The third-order valence-electron chi connectivity index (χ3n) is 5.23. The third-order valence-corrected chi connectivity index (χ3v) is 5.23. The van der Waals surface area contributed by atoms with Crippen molar-refractivity contribution in [2.24, 2.45) is 4.99 Å². The average molecular weight is 565 g/mol. The predicted molar refractivity (Wildman–Crippen MR) is 127 cm³/mol. The summed E-state index contributed by atoms with van der Waals surface area (Å²) in [6, 6.07) is 9.12. The molecule has 7 nitrogen and oxygen atoms in total. The van der Waals surface area contributed by atoms with Gasteiger partial charge in [0.2, 0.25) is 0 Å². The molecule has 176 valence electrons. The number of aliphatic imine (C=N–C) groups is 1. The van der Waals surface area contributed by atoms with Gasteiger partial charge in [-0.1, -0.05) is 12.1 Å². The maximum Gasteiger partial charge on any atom is 0.403 e. The van der Waals surface area contributed by atoms with Gasteiger partial charge in [0.1, 0.15) is 6.04 Å². The number of benzene rings is 1. The number of carbonyl (C=O) groups is 1. The zero-order chi connectivity index (χ0) is 22.4. The number of alkyl halides is 3. The highest BCUT2D eigenvalue weighted by Gasteiger charge is 2.41. The fourth-order valence-electron chi connectivity index (χ4n) is 3.40. The van der Waals surface area contributed by atoms with Crippen molar-refractivity contribution >= 4 is 41.5 Å². The molecule has 0 radical (unpaired) electrons. The number of halogens is 4. The second-order valence-electron chi connectivity index (χ2n) is 7.27. The molecule has 2 heterocycles. The van der Waals surface area contributed by atoms with Crippen molar-refractivity contribution in [1.29, 1.82) is 0 Å². The van der Waals surface area contributed by atoms with Crippen LogP contribution in [0, 0.1) is 0 Å². The van der Waals surface area contributed by atoms with Gasteiger partial charge in [0, 0.05) is 45.5 Å². The van der Waals surface area contributed by atoms with Gasteiger partial charge in [-0.25, -0.2) is 0 Å². The number of nitrogens with one attached hydrogen (secondary N) is 2. The summed E-state index contributed by atoms with van der Waals surface area (Å²) in [6.45, 7) is 3.20. The highest BCUT2D eigenvalue weighted by Crippen LogP contribution is 2.25. The van der Waals surface area contributed by atoms with E-state index in [1.807, 2.05) is 23.1 Å². The minimum absolute atomic E-state index is 0. The topological polar surface area (TPSA) is 73.1 Å². The highest BCUT2D eigenvalue weighted by molar-refractivity contribution is 14.0. The lowest BCUT2D eigenvalue weighted by Crippen LogP contribution is -2.56. The van der Waals surface area contributed by atoms with Gasteiger partial charge < -0.3 is 20.0 Å². The lowest BCUT2D eigenvalue weighted by atomic mass is 10.2. The van der Waals surface area contributed by atoms with Gasteiger partial charge in [0.05, 0.1) is 6.26 Å². The molecule has 32 heavy (non-hydrogen) atoms. The molecule has 0 spiro atoms. The molecule has 1 aromatic heterocycles. The second kappa shape index (κ2) is 11.5. The standard InChI is InChI=1S/C21H26F3N5O2.HI/c1-15(21(22,23)24)28-8-10-29(11-9-28)20(25-2)26-14-16-5-3-6-17(13-16)27-19(30)18-7-4-12-31-18;/h3-7,12-13,15H,8-11,14H2,1-2H3,(H,25,26)(H,27,30);1H. The van der Waals surface area contributed by atoms with Crippen molar-refractivity contribution in [3.63, 3.8) is 0 Å². The molecule has 11 heteroatoms. The number of nitrogens with zero attached hydrogens (tertiary/aromatic N) is 3. The third kappa shape index (κ3) is 6.86. The van der Waals surface area contributed by atoms with Crippen LogP contribution in [0.3, 0.4) is 0 Å². The fraction of sp³-hybridized carbons (Fsp3) is 0.429. The molecule has 3 rings (SSSR count). The van der Waals surface area contributed by atoms with Gasteiger partial charge >= 0.3 is 6.18 Å². The second-order valence-corrected chi connectivity index (χ2v) is 7.27. The van der Waals surface area contributed by atoms with Gasteiger partial charge in [0.15, 0.2) is 11.7 Å².